The van der Waals surface area contributed by atoms with Gasteiger partial charge in [0.2, 0.25) is 0 Å². The molecular formula is C71H47NO. The van der Waals surface area contributed by atoms with Crippen molar-refractivity contribution in [3.05, 3.63) is 307 Å². The SMILES string of the molecule is c1ccc(C2(c3ccccc3)c3ccccc3-c3c(-c4ccccc4N(c4ccc(-c5ccc(-c6cccc7ccccc67)cc5)cc4)c4ccc(-c5cccc6c5oc5ccccc56)cc4)cccc32)cc1. The number of nitrogens with zero attached hydrogens (tertiary/aromatic N) is 1. The van der Waals surface area contributed by atoms with E-state index >= 15 is 0 Å². The second kappa shape index (κ2) is 17.4. The normalized spacial score (nSPS) is 12.5. The molecule has 0 N–H and O–H groups in total. The van der Waals surface area contributed by atoms with E-state index in [1.165, 1.54) is 66.4 Å². The van der Waals surface area contributed by atoms with Crippen molar-refractivity contribution in [2.24, 2.45) is 0 Å². The average molecular weight is 930 g/mol. The van der Waals surface area contributed by atoms with Gasteiger partial charge in [0, 0.05) is 33.3 Å². The van der Waals surface area contributed by atoms with Crippen molar-refractivity contribution in [3.8, 4) is 55.6 Å². The summed E-state index contributed by atoms with van der Waals surface area (Å²) in [7, 11) is 0. The quantitative estimate of drug-likeness (QED) is 0.143. The summed E-state index contributed by atoms with van der Waals surface area (Å²) in [6.45, 7) is 0. The lowest BCUT2D eigenvalue weighted by molar-refractivity contribution is 0.670. The number of para-hydroxylation sites is 3. The first kappa shape index (κ1) is 42.4. The zero-order chi connectivity index (χ0) is 48.3. The van der Waals surface area contributed by atoms with Crippen molar-refractivity contribution in [2.75, 3.05) is 4.90 Å². The molecule has 0 aliphatic heterocycles. The first-order valence-corrected chi connectivity index (χ1v) is 25.2. The number of rotatable bonds is 9. The van der Waals surface area contributed by atoms with Gasteiger partial charge < -0.3 is 9.32 Å². The van der Waals surface area contributed by atoms with Crippen LogP contribution in [-0.4, -0.2) is 0 Å². The molecule has 13 aromatic rings. The minimum Gasteiger partial charge on any atom is -0.455 e. The summed E-state index contributed by atoms with van der Waals surface area (Å²) in [6, 6.07) is 104. The van der Waals surface area contributed by atoms with Gasteiger partial charge in [-0.3, -0.25) is 0 Å². The van der Waals surface area contributed by atoms with Gasteiger partial charge in [-0.1, -0.05) is 249 Å². The van der Waals surface area contributed by atoms with Gasteiger partial charge in [-0.25, -0.2) is 0 Å². The molecule has 14 rings (SSSR count). The summed E-state index contributed by atoms with van der Waals surface area (Å²) in [5.41, 5.74) is 21.4. The zero-order valence-electron chi connectivity index (χ0n) is 40.0. The van der Waals surface area contributed by atoms with E-state index in [2.05, 4.69) is 278 Å². The largest absolute Gasteiger partial charge is 0.455 e. The molecule has 2 nitrogen and oxygen atoms in total. The van der Waals surface area contributed by atoms with Gasteiger partial charge in [-0.05, 0) is 114 Å². The highest BCUT2D eigenvalue weighted by Crippen LogP contribution is 2.59. The van der Waals surface area contributed by atoms with Crippen LogP contribution in [0.1, 0.15) is 22.3 Å². The first-order chi connectivity index (χ1) is 36.2. The highest BCUT2D eigenvalue weighted by molar-refractivity contribution is 6.10. The average Bonchev–Trinajstić information content (AvgIpc) is 4.01. The van der Waals surface area contributed by atoms with Crippen LogP contribution in [0.2, 0.25) is 0 Å². The van der Waals surface area contributed by atoms with Crippen LogP contribution in [0.4, 0.5) is 17.1 Å². The molecule has 1 aliphatic rings. The Labute approximate surface area is 425 Å². The van der Waals surface area contributed by atoms with Crippen LogP contribution in [0, 0.1) is 0 Å². The molecule has 1 aliphatic carbocycles. The number of fused-ring (bicyclic) bond motifs is 7. The van der Waals surface area contributed by atoms with E-state index in [-0.39, 0.29) is 0 Å². The Kier molecular flexibility index (Phi) is 10.1. The zero-order valence-corrected chi connectivity index (χ0v) is 40.0. The molecule has 0 radical (unpaired) electrons. The molecule has 0 bridgehead atoms. The Morgan fingerprint density at radius 1 is 0.288 bits per heavy atom. The maximum absolute atomic E-state index is 6.53. The van der Waals surface area contributed by atoms with Gasteiger partial charge in [0.1, 0.15) is 11.2 Å². The molecule has 1 aromatic heterocycles. The fraction of sp³-hybridized carbons (Fsp3) is 0.0141. The third-order valence-corrected chi connectivity index (χ3v) is 15.2. The maximum Gasteiger partial charge on any atom is 0.143 e. The standard InChI is InChI=1S/C71H47NO/c1-3-20-53(21-4-1)71(54-22-5-2-6-23-54)65-32-12-9-27-64(65)69-62(30-17-33-66(69)71)60-25-10-13-34-67(60)72(56-46-42-52(43-47-56)59-29-16-31-63-61-26-11-14-35-68(61)73-70(59)63)55-44-40-49(41-45-55)48-36-38-51(39-37-48)58-28-15-19-50-18-7-8-24-57(50)58/h1-47H. The van der Waals surface area contributed by atoms with Gasteiger partial charge in [0.05, 0.1) is 11.1 Å². The lowest BCUT2D eigenvalue weighted by Gasteiger charge is -2.34. The van der Waals surface area contributed by atoms with Gasteiger partial charge in [0.25, 0.3) is 0 Å². The predicted octanol–water partition coefficient (Wildman–Crippen LogP) is 19.2. The number of furan rings is 1. The van der Waals surface area contributed by atoms with Crippen molar-refractivity contribution >= 4 is 49.8 Å². The molecule has 73 heavy (non-hydrogen) atoms. The van der Waals surface area contributed by atoms with Crippen molar-refractivity contribution in [3.63, 3.8) is 0 Å². The second-order valence-corrected chi connectivity index (χ2v) is 19.1. The first-order valence-electron chi connectivity index (χ1n) is 25.2. The number of hydrogen-bond acceptors (Lipinski definition) is 2. The Bertz CT molecular complexity index is 4130. The number of hydrogen-bond donors (Lipinski definition) is 0. The van der Waals surface area contributed by atoms with E-state index < -0.39 is 5.41 Å². The summed E-state index contributed by atoms with van der Waals surface area (Å²) in [4.78, 5) is 2.43. The van der Waals surface area contributed by atoms with Crippen molar-refractivity contribution in [1.29, 1.82) is 0 Å². The minimum atomic E-state index is -0.513. The lowest BCUT2D eigenvalue weighted by Crippen LogP contribution is -2.28. The van der Waals surface area contributed by atoms with Crippen LogP contribution in [0.25, 0.3) is 88.3 Å². The van der Waals surface area contributed by atoms with Crippen molar-refractivity contribution in [1.82, 2.24) is 0 Å². The molecule has 0 saturated heterocycles. The highest BCUT2D eigenvalue weighted by atomic mass is 16.3. The molecule has 342 valence electrons. The molecule has 0 saturated carbocycles. The Balaban J connectivity index is 0.921. The summed E-state index contributed by atoms with van der Waals surface area (Å²) in [6.07, 6.45) is 0. The summed E-state index contributed by atoms with van der Waals surface area (Å²) in [5.74, 6) is 0. The summed E-state index contributed by atoms with van der Waals surface area (Å²) in [5, 5.41) is 4.76. The molecule has 0 fully saturated rings. The van der Waals surface area contributed by atoms with Crippen LogP contribution in [-0.2, 0) is 5.41 Å². The van der Waals surface area contributed by atoms with Crippen molar-refractivity contribution in [2.45, 2.75) is 5.41 Å². The van der Waals surface area contributed by atoms with E-state index in [1.54, 1.807) is 0 Å². The molecular weight excluding hydrogens is 883 g/mol. The van der Waals surface area contributed by atoms with E-state index in [4.69, 9.17) is 4.42 Å². The van der Waals surface area contributed by atoms with E-state index in [0.29, 0.717) is 0 Å². The second-order valence-electron chi connectivity index (χ2n) is 19.1. The maximum atomic E-state index is 6.53. The third-order valence-electron chi connectivity index (χ3n) is 15.2. The van der Waals surface area contributed by atoms with Crippen molar-refractivity contribution < 1.29 is 4.42 Å². The smallest absolute Gasteiger partial charge is 0.143 e. The minimum absolute atomic E-state index is 0.513. The Morgan fingerprint density at radius 3 is 1.49 bits per heavy atom. The highest BCUT2D eigenvalue weighted by Gasteiger charge is 2.47. The van der Waals surface area contributed by atoms with E-state index in [0.717, 1.165) is 61.3 Å². The lowest BCUT2D eigenvalue weighted by atomic mass is 9.67. The predicted molar refractivity (Wildman–Crippen MR) is 305 cm³/mol. The van der Waals surface area contributed by atoms with Crippen LogP contribution >= 0.6 is 0 Å². The Morgan fingerprint density at radius 2 is 0.753 bits per heavy atom. The topological polar surface area (TPSA) is 16.4 Å². The fourth-order valence-electron chi connectivity index (χ4n) is 11.9. The van der Waals surface area contributed by atoms with Crippen LogP contribution in [0.3, 0.4) is 0 Å². The van der Waals surface area contributed by atoms with Gasteiger partial charge in [-0.2, -0.15) is 0 Å². The molecule has 12 aromatic carbocycles. The fourth-order valence-corrected chi connectivity index (χ4v) is 11.9. The summed E-state index contributed by atoms with van der Waals surface area (Å²) < 4.78 is 6.53. The number of anilines is 3. The number of benzene rings is 12. The van der Waals surface area contributed by atoms with Gasteiger partial charge >= 0.3 is 0 Å². The van der Waals surface area contributed by atoms with Crippen LogP contribution in [0.5, 0.6) is 0 Å². The Hall–Kier alpha value is -9.50. The molecule has 0 amide bonds. The molecule has 1 heterocycles. The monoisotopic (exact) mass is 929 g/mol. The molecule has 0 unspecified atom stereocenters. The van der Waals surface area contributed by atoms with Crippen LogP contribution < -0.4 is 4.90 Å². The van der Waals surface area contributed by atoms with Crippen LogP contribution in [0.15, 0.2) is 290 Å². The van der Waals surface area contributed by atoms with E-state index in [9.17, 15) is 0 Å². The molecule has 2 heteroatoms. The molecule has 0 spiro atoms. The third kappa shape index (κ3) is 6.87. The van der Waals surface area contributed by atoms with Gasteiger partial charge in [0.15, 0.2) is 0 Å². The summed E-state index contributed by atoms with van der Waals surface area (Å²) >= 11 is 0. The molecule has 0 atom stereocenters. The van der Waals surface area contributed by atoms with E-state index in [1.807, 2.05) is 12.1 Å². The van der Waals surface area contributed by atoms with Gasteiger partial charge in [-0.15, -0.1) is 0 Å².